The van der Waals surface area contributed by atoms with Crippen molar-refractivity contribution in [1.82, 2.24) is 4.31 Å². The lowest BCUT2D eigenvalue weighted by atomic mass is 10.0. The van der Waals surface area contributed by atoms with E-state index < -0.39 is 16.1 Å². The minimum Gasteiger partial charge on any atom is -0.492 e. The van der Waals surface area contributed by atoms with Gasteiger partial charge < -0.3 is 15.8 Å². The van der Waals surface area contributed by atoms with Gasteiger partial charge in [-0.2, -0.15) is 0 Å². The Morgan fingerprint density at radius 2 is 1.82 bits per heavy atom. The number of sulfonamides is 1. The van der Waals surface area contributed by atoms with Gasteiger partial charge in [-0.05, 0) is 30.7 Å². The van der Waals surface area contributed by atoms with Crippen LogP contribution in [0.4, 0.5) is 5.69 Å². The van der Waals surface area contributed by atoms with E-state index in [1.54, 1.807) is 6.92 Å². The summed E-state index contributed by atoms with van der Waals surface area (Å²) in [5, 5.41) is 2.72. The Labute approximate surface area is 172 Å². The van der Waals surface area contributed by atoms with Crippen LogP contribution < -0.4 is 15.8 Å². The van der Waals surface area contributed by atoms with E-state index >= 15 is 0 Å². The van der Waals surface area contributed by atoms with Gasteiger partial charge in [0.15, 0.2) is 0 Å². The molecule has 3 N–H and O–H groups in total. The summed E-state index contributed by atoms with van der Waals surface area (Å²) in [6.07, 6.45) is 0.0558. The van der Waals surface area contributed by atoms with Gasteiger partial charge in [0.25, 0.3) is 0 Å². The number of nitrogens with two attached hydrogens (primary N) is 1. The number of rotatable bonds is 8. The first kappa shape index (κ1) is 23.9. The highest BCUT2D eigenvalue weighted by Crippen LogP contribution is 2.29. The van der Waals surface area contributed by atoms with E-state index in [1.807, 2.05) is 30.3 Å². The molecule has 0 aliphatic rings. The van der Waals surface area contributed by atoms with E-state index in [0.29, 0.717) is 18.0 Å². The van der Waals surface area contributed by atoms with E-state index in [9.17, 15) is 13.2 Å². The molecule has 1 amide bonds. The highest BCUT2D eigenvalue weighted by atomic mass is 35.5. The van der Waals surface area contributed by atoms with Gasteiger partial charge in [-0.3, -0.25) is 4.79 Å². The molecule has 0 radical (unpaired) electrons. The van der Waals surface area contributed by atoms with Crippen molar-refractivity contribution in [3.05, 3.63) is 54.1 Å². The molecule has 0 aliphatic heterocycles. The van der Waals surface area contributed by atoms with Crippen LogP contribution in [0.2, 0.25) is 0 Å². The SMILES string of the molecule is CCOc1ccc(S(=O)(=O)N(C)C)cc1NC(=O)CC(N)c1ccccc1.Cl. The van der Waals surface area contributed by atoms with Crippen LogP contribution in [0.1, 0.15) is 24.9 Å². The van der Waals surface area contributed by atoms with Gasteiger partial charge in [0.2, 0.25) is 15.9 Å². The molecule has 0 saturated carbocycles. The fourth-order valence-electron chi connectivity index (χ4n) is 2.48. The lowest BCUT2D eigenvalue weighted by Crippen LogP contribution is -2.23. The minimum atomic E-state index is -3.63. The third-order valence-electron chi connectivity index (χ3n) is 3.94. The number of halogens is 1. The zero-order valence-electron chi connectivity index (χ0n) is 16.1. The molecule has 0 bridgehead atoms. The molecule has 0 aliphatic carbocycles. The quantitative estimate of drug-likeness (QED) is 0.674. The lowest BCUT2D eigenvalue weighted by Gasteiger charge is -2.17. The van der Waals surface area contributed by atoms with E-state index in [4.69, 9.17) is 10.5 Å². The van der Waals surface area contributed by atoms with Crippen LogP contribution in [0.3, 0.4) is 0 Å². The molecule has 1 atom stereocenters. The maximum atomic E-state index is 12.4. The van der Waals surface area contributed by atoms with Crippen molar-refractivity contribution in [3.63, 3.8) is 0 Å². The van der Waals surface area contributed by atoms with Gasteiger partial charge >= 0.3 is 0 Å². The van der Waals surface area contributed by atoms with E-state index in [2.05, 4.69) is 5.32 Å². The Balaban J connectivity index is 0.00000392. The standard InChI is InChI=1S/C19H25N3O4S.ClH/c1-4-26-18-11-10-15(27(24,25)22(2)3)12-17(18)21-19(23)13-16(20)14-8-6-5-7-9-14;/h5-12,16H,4,13,20H2,1-3H3,(H,21,23);1H. The van der Waals surface area contributed by atoms with Crippen molar-refractivity contribution in [2.75, 3.05) is 26.0 Å². The Morgan fingerprint density at radius 1 is 1.18 bits per heavy atom. The number of ether oxygens (including phenoxy) is 1. The van der Waals surface area contributed by atoms with Crippen LogP contribution in [0.25, 0.3) is 0 Å². The molecular formula is C19H26ClN3O4S. The van der Waals surface area contributed by atoms with Gasteiger partial charge in [-0.15, -0.1) is 12.4 Å². The van der Waals surface area contributed by atoms with Gasteiger partial charge in [0.05, 0.1) is 17.2 Å². The van der Waals surface area contributed by atoms with Crippen LogP contribution in [0, 0.1) is 0 Å². The molecule has 2 aromatic carbocycles. The first-order valence-corrected chi connectivity index (χ1v) is 9.99. The van der Waals surface area contributed by atoms with Crippen LogP contribution >= 0.6 is 12.4 Å². The zero-order chi connectivity index (χ0) is 20.0. The number of hydrogen-bond acceptors (Lipinski definition) is 5. The molecule has 0 fully saturated rings. The summed E-state index contributed by atoms with van der Waals surface area (Å²) in [4.78, 5) is 12.5. The Morgan fingerprint density at radius 3 is 2.39 bits per heavy atom. The summed E-state index contributed by atoms with van der Waals surface area (Å²) in [6, 6.07) is 13.2. The Bertz CT molecular complexity index is 889. The summed E-state index contributed by atoms with van der Waals surface area (Å²) < 4.78 is 31.3. The van der Waals surface area contributed by atoms with Crippen LogP contribution in [0.15, 0.2) is 53.4 Å². The normalized spacial score (nSPS) is 12.2. The second kappa shape index (κ2) is 10.4. The highest BCUT2D eigenvalue weighted by molar-refractivity contribution is 7.89. The molecule has 0 spiro atoms. The Kier molecular flexibility index (Phi) is 8.90. The smallest absolute Gasteiger partial charge is 0.242 e. The number of nitrogens with zero attached hydrogens (tertiary/aromatic N) is 1. The average molecular weight is 428 g/mol. The zero-order valence-corrected chi connectivity index (χ0v) is 17.7. The van der Waals surface area contributed by atoms with Gasteiger partial charge in [0.1, 0.15) is 5.75 Å². The minimum absolute atomic E-state index is 0. The van der Waals surface area contributed by atoms with Crippen molar-refractivity contribution in [3.8, 4) is 5.75 Å². The van der Waals surface area contributed by atoms with Crippen molar-refractivity contribution < 1.29 is 17.9 Å². The molecule has 7 nitrogen and oxygen atoms in total. The third-order valence-corrected chi connectivity index (χ3v) is 5.75. The summed E-state index contributed by atoms with van der Waals surface area (Å²) in [5.41, 5.74) is 7.24. The second-order valence-electron chi connectivity index (χ2n) is 6.15. The summed E-state index contributed by atoms with van der Waals surface area (Å²) in [5.74, 6) is 0.0727. The number of carbonyl (C=O) groups excluding carboxylic acids is 1. The number of nitrogens with one attached hydrogen (secondary N) is 1. The molecule has 154 valence electrons. The van der Waals surface area contributed by atoms with E-state index in [0.717, 1.165) is 9.87 Å². The topological polar surface area (TPSA) is 102 Å². The molecule has 0 aromatic heterocycles. The van der Waals surface area contributed by atoms with Gasteiger partial charge in [-0.25, -0.2) is 12.7 Å². The molecule has 2 rings (SSSR count). The monoisotopic (exact) mass is 427 g/mol. The predicted octanol–water partition coefficient (Wildman–Crippen LogP) is 2.79. The molecule has 2 aromatic rings. The first-order valence-electron chi connectivity index (χ1n) is 8.55. The molecule has 0 heterocycles. The van der Waals surface area contributed by atoms with Gasteiger partial charge in [-0.1, -0.05) is 30.3 Å². The number of anilines is 1. The number of hydrogen-bond donors (Lipinski definition) is 2. The first-order chi connectivity index (χ1) is 12.8. The number of carbonyl (C=O) groups is 1. The third kappa shape index (κ3) is 5.93. The molecule has 28 heavy (non-hydrogen) atoms. The van der Waals surface area contributed by atoms with Crippen LogP contribution in [0.5, 0.6) is 5.75 Å². The number of amides is 1. The Hall–Kier alpha value is -2.13. The maximum Gasteiger partial charge on any atom is 0.242 e. The largest absolute Gasteiger partial charge is 0.492 e. The summed E-state index contributed by atoms with van der Waals surface area (Å²) in [6.45, 7) is 2.19. The average Bonchev–Trinajstić information content (AvgIpc) is 2.63. The van der Waals surface area contributed by atoms with Crippen molar-refractivity contribution in [1.29, 1.82) is 0 Å². The number of benzene rings is 2. The molecule has 0 saturated heterocycles. The van der Waals surface area contributed by atoms with Crippen molar-refractivity contribution in [2.24, 2.45) is 5.73 Å². The maximum absolute atomic E-state index is 12.4. The fourth-order valence-corrected chi connectivity index (χ4v) is 3.41. The fraction of sp³-hybridized carbons (Fsp3) is 0.316. The highest BCUT2D eigenvalue weighted by Gasteiger charge is 2.20. The van der Waals surface area contributed by atoms with Crippen molar-refractivity contribution >= 4 is 34.0 Å². The summed E-state index contributed by atoms with van der Waals surface area (Å²) >= 11 is 0. The molecular weight excluding hydrogens is 402 g/mol. The summed E-state index contributed by atoms with van der Waals surface area (Å²) in [7, 11) is -0.736. The van der Waals surface area contributed by atoms with Gasteiger partial charge in [0, 0.05) is 26.6 Å². The second-order valence-corrected chi connectivity index (χ2v) is 8.30. The van der Waals surface area contributed by atoms with Crippen molar-refractivity contribution in [2.45, 2.75) is 24.3 Å². The predicted molar refractivity (Wildman–Crippen MR) is 112 cm³/mol. The van der Waals surface area contributed by atoms with E-state index in [1.165, 1.54) is 32.3 Å². The lowest BCUT2D eigenvalue weighted by molar-refractivity contribution is -0.116. The van der Waals surface area contributed by atoms with Crippen LogP contribution in [-0.2, 0) is 14.8 Å². The van der Waals surface area contributed by atoms with E-state index in [-0.39, 0.29) is 29.6 Å². The van der Waals surface area contributed by atoms with Crippen LogP contribution in [-0.4, -0.2) is 39.3 Å². The molecule has 1 unspecified atom stereocenters. The molecule has 9 heteroatoms.